The van der Waals surface area contributed by atoms with E-state index in [-0.39, 0.29) is 12.6 Å². The molecule has 3 rings (SSSR count). The molecule has 0 radical (unpaired) electrons. The first kappa shape index (κ1) is 18.7. The summed E-state index contributed by atoms with van der Waals surface area (Å²) >= 11 is 0. The number of amides is 2. The third kappa shape index (κ3) is 4.97. The van der Waals surface area contributed by atoms with Crippen molar-refractivity contribution in [1.82, 2.24) is 20.2 Å². The fraction of sp³-hybridized carbons (Fsp3) is 0.350. The van der Waals surface area contributed by atoms with E-state index in [1.54, 1.807) is 30.5 Å². The zero-order valence-corrected chi connectivity index (χ0v) is 15.6. The molecular weight excluding hydrogens is 344 g/mol. The summed E-state index contributed by atoms with van der Waals surface area (Å²) < 4.78 is 10.9. The van der Waals surface area contributed by atoms with E-state index >= 15 is 0 Å². The minimum atomic E-state index is -0.139. The molecule has 0 saturated heterocycles. The average molecular weight is 368 g/mol. The number of ether oxygens (including phenoxy) is 1. The number of aromatic nitrogens is 2. The molecule has 0 spiro atoms. The highest BCUT2D eigenvalue weighted by Gasteiger charge is 2.15. The smallest absolute Gasteiger partial charge is 0.318 e. The van der Waals surface area contributed by atoms with Crippen molar-refractivity contribution in [2.24, 2.45) is 0 Å². The number of benzene rings is 1. The number of fused-ring (bicyclic) bond motifs is 1. The Kier molecular flexibility index (Phi) is 6.25. The van der Waals surface area contributed by atoms with Crippen molar-refractivity contribution in [2.75, 3.05) is 13.7 Å². The first-order chi connectivity index (χ1) is 13.2. The lowest BCUT2D eigenvalue weighted by Crippen LogP contribution is -2.39. The number of pyridine rings is 1. The number of rotatable bonds is 8. The van der Waals surface area contributed by atoms with Crippen LogP contribution in [0.1, 0.15) is 31.2 Å². The molecule has 7 heteroatoms. The van der Waals surface area contributed by atoms with E-state index in [1.807, 2.05) is 24.3 Å². The lowest BCUT2D eigenvalue weighted by molar-refractivity contribution is 0.192. The first-order valence-electron chi connectivity index (χ1n) is 9.04. The van der Waals surface area contributed by atoms with Crippen molar-refractivity contribution in [3.8, 4) is 5.75 Å². The van der Waals surface area contributed by atoms with Crippen molar-refractivity contribution < 1.29 is 13.9 Å². The SMILES string of the molecule is CCCCN(Cc1ccncc1)C(=O)NCc1nc2cc(OC)ccc2o1. The second-order valence-corrected chi connectivity index (χ2v) is 6.23. The van der Waals surface area contributed by atoms with Crippen molar-refractivity contribution in [3.63, 3.8) is 0 Å². The zero-order chi connectivity index (χ0) is 19.1. The van der Waals surface area contributed by atoms with Gasteiger partial charge in [0, 0.05) is 31.5 Å². The Morgan fingerprint density at radius 2 is 2.07 bits per heavy atom. The molecule has 1 N–H and O–H groups in total. The minimum absolute atomic E-state index is 0.139. The molecule has 0 unspecified atom stereocenters. The van der Waals surface area contributed by atoms with Crippen molar-refractivity contribution in [1.29, 1.82) is 0 Å². The minimum Gasteiger partial charge on any atom is -0.497 e. The van der Waals surface area contributed by atoms with Gasteiger partial charge in [-0.15, -0.1) is 0 Å². The first-order valence-corrected chi connectivity index (χ1v) is 9.04. The van der Waals surface area contributed by atoms with E-state index < -0.39 is 0 Å². The number of unbranched alkanes of at least 4 members (excludes halogenated alkanes) is 1. The Balaban J connectivity index is 1.64. The largest absolute Gasteiger partial charge is 0.497 e. The van der Waals surface area contributed by atoms with Gasteiger partial charge in [-0.2, -0.15) is 0 Å². The summed E-state index contributed by atoms with van der Waals surface area (Å²) in [5.41, 5.74) is 2.42. The number of nitrogens with zero attached hydrogens (tertiary/aromatic N) is 3. The molecule has 0 fully saturated rings. The summed E-state index contributed by atoms with van der Waals surface area (Å²) in [5, 5.41) is 2.90. The zero-order valence-electron chi connectivity index (χ0n) is 15.6. The van der Waals surface area contributed by atoms with E-state index in [0.717, 1.165) is 24.2 Å². The normalized spacial score (nSPS) is 10.7. The highest BCUT2D eigenvalue weighted by atomic mass is 16.5. The molecule has 27 heavy (non-hydrogen) atoms. The van der Waals surface area contributed by atoms with Gasteiger partial charge in [0.15, 0.2) is 5.58 Å². The van der Waals surface area contributed by atoms with E-state index in [4.69, 9.17) is 9.15 Å². The Morgan fingerprint density at radius 1 is 1.26 bits per heavy atom. The number of hydrogen-bond donors (Lipinski definition) is 1. The van der Waals surface area contributed by atoms with E-state index in [0.29, 0.717) is 30.1 Å². The molecule has 0 saturated carbocycles. The number of carbonyl (C=O) groups is 1. The number of urea groups is 1. The van der Waals surface area contributed by atoms with Crippen molar-refractivity contribution >= 4 is 17.1 Å². The maximum Gasteiger partial charge on any atom is 0.318 e. The number of carbonyl (C=O) groups excluding carboxylic acids is 1. The quantitative estimate of drug-likeness (QED) is 0.655. The van der Waals surface area contributed by atoms with E-state index in [2.05, 4.69) is 22.2 Å². The highest BCUT2D eigenvalue weighted by Crippen LogP contribution is 2.21. The van der Waals surface area contributed by atoms with Gasteiger partial charge in [0.25, 0.3) is 0 Å². The standard InChI is InChI=1S/C20H24N4O3/c1-3-4-11-24(14-15-7-9-21-10-8-15)20(25)22-13-19-23-17-12-16(26-2)5-6-18(17)27-19/h5-10,12H,3-4,11,13-14H2,1-2H3,(H,22,25). The topological polar surface area (TPSA) is 80.5 Å². The van der Waals surface area contributed by atoms with Gasteiger partial charge in [-0.05, 0) is 36.2 Å². The molecule has 0 bridgehead atoms. The number of methoxy groups -OCH3 is 1. The molecule has 142 valence electrons. The van der Waals surface area contributed by atoms with Crippen LogP contribution >= 0.6 is 0 Å². The van der Waals surface area contributed by atoms with Gasteiger partial charge < -0.3 is 19.4 Å². The van der Waals surface area contributed by atoms with Gasteiger partial charge in [0.1, 0.15) is 11.3 Å². The fourth-order valence-corrected chi connectivity index (χ4v) is 2.73. The predicted octanol–water partition coefficient (Wildman–Crippen LogP) is 3.74. The van der Waals surface area contributed by atoms with E-state index in [1.165, 1.54) is 0 Å². The number of nitrogens with one attached hydrogen (secondary N) is 1. The van der Waals surface area contributed by atoms with Crippen LogP contribution in [0, 0.1) is 0 Å². The maximum atomic E-state index is 12.7. The van der Waals surface area contributed by atoms with Gasteiger partial charge in [0.2, 0.25) is 5.89 Å². The van der Waals surface area contributed by atoms with Crippen molar-refractivity contribution in [2.45, 2.75) is 32.9 Å². The third-order valence-corrected chi connectivity index (χ3v) is 4.22. The van der Waals surface area contributed by atoms with Crippen molar-refractivity contribution in [3.05, 3.63) is 54.2 Å². The fourth-order valence-electron chi connectivity index (χ4n) is 2.73. The highest BCUT2D eigenvalue weighted by molar-refractivity contribution is 5.75. The summed E-state index contributed by atoms with van der Waals surface area (Å²) in [6.45, 7) is 3.57. The molecule has 0 aliphatic rings. The summed E-state index contributed by atoms with van der Waals surface area (Å²) in [6, 6.07) is 9.13. The molecule has 2 aromatic heterocycles. The van der Waals surface area contributed by atoms with Gasteiger partial charge in [-0.3, -0.25) is 4.98 Å². The molecule has 2 heterocycles. The molecule has 0 atom stereocenters. The number of oxazole rings is 1. The number of hydrogen-bond acceptors (Lipinski definition) is 5. The average Bonchev–Trinajstić information content (AvgIpc) is 3.12. The summed E-state index contributed by atoms with van der Waals surface area (Å²) in [7, 11) is 1.61. The van der Waals surface area contributed by atoms with Gasteiger partial charge in [-0.25, -0.2) is 9.78 Å². The van der Waals surface area contributed by atoms with Gasteiger partial charge in [0.05, 0.1) is 13.7 Å². The molecule has 7 nitrogen and oxygen atoms in total. The van der Waals surface area contributed by atoms with Gasteiger partial charge in [-0.1, -0.05) is 13.3 Å². The summed E-state index contributed by atoms with van der Waals surface area (Å²) in [5.74, 6) is 1.18. The van der Waals surface area contributed by atoms with Crippen LogP contribution in [-0.2, 0) is 13.1 Å². The van der Waals surface area contributed by atoms with Crippen LogP contribution in [0.2, 0.25) is 0 Å². The Bertz CT molecular complexity index is 879. The predicted molar refractivity (Wildman–Crippen MR) is 102 cm³/mol. The molecule has 1 aromatic carbocycles. The monoisotopic (exact) mass is 368 g/mol. The summed E-state index contributed by atoms with van der Waals surface area (Å²) in [6.07, 6.45) is 5.43. The molecule has 2 amide bonds. The van der Waals surface area contributed by atoms with Crippen LogP contribution in [-0.4, -0.2) is 34.6 Å². The van der Waals surface area contributed by atoms with Crippen LogP contribution in [0.4, 0.5) is 4.79 Å². The van der Waals surface area contributed by atoms with Crippen LogP contribution < -0.4 is 10.1 Å². The van der Waals surface area contributed by atoms with Crippen LogP contribution in [0.5, 0.6) is 5.75 Å². The Hall–Kier alpha value is -3.09. The summed E-state index contributed by atoms with van der Waals surface area (Å²) in [4.78, 5) is 22.9. The maximum absolute atomic E-state index is 12.7. The molecule has 0 aliphatic carbocycles. The Labute approximate surface area is 158 Å². The van der Waals surface area contributed by atoms with Crippen LogP contribution in [0.3, 0.4) is 0 Å². The van der Waals surface area contributed by atoms with Crippen LogP contribution in [0.25, 0.3) is 11.1 Å². The second kappa shape index (κ2) is 9.02. The van der Waals surface area contributed by atoms with E-state index in [9.17, 15) is 4.79 Å². The van der Waals surface area contributed by atoms with Gasteiger partial charge >= 0.3 is 6.03 Å². The lowest BCUT2D eigenvalue weighted by Gasteiger charge is -2.22. The molecule has 3 aromatic rings. The molecule has 0 aliphatic heterocycles. The third-order valence-electron chi connectivity index (χ3n) is 4.22. The molecular formula is C20H24N4O3. The second-order valence-electron chi connectivity index (χ2n) is 6.23. The lowest BCUT2D eigenvalue weighted by atomic mass is 10.2. The van der Waals surface area contributed by atoms with Crippen LogP contribution in [0.15, 0.2) is 47.1 Å². The Morgan fingerprint density at radius 3 is 2.81 bits per heavy atom.